The van der Waals surface area contributed by atoms with Gasteiger partial charge in [-0.25, -0.2) is 0 Å². The van der Waals surface area contributed by atoms with E-state index in [9.17, 15) is 13.2 Å². The molecule has 0 atom stereocenters. The fourth-order valence-corrected chi connectivity index (χ4v) is 2.42. The maximum atomic E-state index is 12.4. The van der Waals surface area contributed by atoms with Gasteiger partial charge in [-0.15, -0.1) is 10.2 Å². The number of hydrogen-bond donors (Lipinski definition) is 1. The lowest BCUT2D eigenvalue weighted by Crippen LogP contribution is -2.57. The molecule has 1 saturated heterocycles. The molecule has 2 rings (SSSR count). The second-order valence-corrected chi connectivity index (χ2v) is 4.85. The van der Waals surface area contributed by atoms with Crippen molar-refractivity contribution in [1.82, 2.24) is 15.5 Å². The van der Waals surface area contributed by atoms with E-state index >= 15 is 0 Å². The number of alkyl halides is 3. The summed E-state index contributed by atoms with van der Waals surface area (Å²) in [6, 6.07) is 0.240. The molecule has 0 radical (unpaired) electrons. The summed E-state index contributed by atoms with van der Waals surface area (Å²) in [5, 5.41) is 9.46. The maximum absolute atomic E-state index is 12.4. The Morgan fingerprint density at radius 3 is 2.53 bits per heavy atom. The lowest BCUT2D eigenvalue weighted by Gasteiger charge is -2.37. The van der Waals surface area contributed by atoms with E-state index in [2.05, 4.69) is 15.5 Å². The number of nitrogens with zero attached hydrogens (tertiary/aromatic N) is 3. The first kappa shape index (κ1) is 12.6. The van der Waals surface area contributed by atoms with Crippen molar-refractivity contribution in [3.63, 3.8) is 0 Å². The van der Waals surface area contributed by atoms with Gasteiger partial charge >= 0.3 is 6.18 Å². The van der Waals surface area contributed by atoms with Crippen molar-refractivity contribution < 1.29 is 13.2 Å². The Labute approximate surface area is 101 Å². The van der Waals surface area contributed by atoms with Gasteiger partial charge in [0.2, 0.25) is 10.1 Å². The fourth-order valence-electron chi connectivity index (χ4n) is 1.62. The third-order valence-electron chi connectivity index (χ3n) is 2.57. The highest BCUT2D eigenvalue weighted by Gasteiger charge is 2.37. The Bertz CT molecular complexity index is 375. The van der Waals surface area contributed by atoms with Gasteiger partial charge in [-0.05, 0) is 6.42 Å². The summed E-state index contributed by atoms with van der Waals surface area (Å²) in [6.07, 6.45) is -3.52. The predicted octanol–water partition coefficient (Wildman–Crippen LogP) is 1.75. The van der Waals surface area contributed by atoms with Crippen molar-refractivity contribution in [2.45, 2.75) is 25.6 Å². The van der Waals surface area contributed by atoms with Crippen LogP contribution in [0.2, 0.25) is 0 Å². The first-order valence-corrected chi connectivity index (χ1v) is 6.22. The monoisotopic (exact) mass is 266 g/mol. The van der Waals surface area contributed by atoms with E-state index in [-0.39, 0.29) is 6.04 Å². The average molecular weight is 266 g/mol. The summed E-state index contributed by atoms with van der Waals surface area (Å²) in [7, 11) is 0. The van der Waals surface area contributed by atoms with E-state index in [1.54, 1.807) is 0 Å². The summed E-state index contributed by atoms with van der Waals surface area (Å²) in [5.74, 6) is 0. The highest BCUT2D eigenvalue weighted by atomic mass is 32.1. The number of aromatic nitrogens is 2. The fraction of sp³-hybridized carbons (Fsp3) is 0.778. The molecule has 0 spiro atoms. The number of hydrogen-bond acceptors (Lipinski definition) is 5. The second kappa shape index (κ2) is 4.77. The van der Waals surface area contributed by atoms with Gasteiger partial charge < -0.3 is 10.2 Å². The predicted molar refractivity (Wildman–Crippen MR) is 59.2 cm³/mol. The standard InChI is InChI=1S/C9H13F3N4S/c1-2-3-16(6-4-13-5-6)8-15-14-7(17-8)9(10,11)12/h6,13H,2-5H2,1H3. The average Bonchev–Trinajstić information content (AvgIpc) is 2.61. The molecule has 2 heterocycles. The van der Waals surface area contributed by atoms with Crippen molar-refractivity contribution in [2.24, 2.45) is 0 Å². The third-order valence-corrected chi connectivity index (χ3v) is 3.57. The zero-order valence-electron chi connectivity index (χ0n) is 9.29. The van der Waals surface area contributed by atoms with Crippen LogP contribution in [0.3, 0.4) is 0 Å². The molecule has 1 aromatic rings. The molecule has 0 amide bonds. The Morgan fingerprint density at radius 2 is 2.12 bits per heavy atom. The minimum Gasteiger partial charge on any atom is -0.341 e. The molecule has 0 unspecified atom stereocenters. The van der Waals surface area contributed by atoms with Crippen LogP contribution in [-0.2, 0) is 6.18 Å². The van der Waals surface area contributed by atoms with Gasteiger partial charge in [0.05, 0.1) is 6.04 Å². The Balaban J connectivity index is 2.15. The van der Waals surface area contributed by atoms with E-state index in [1.165, 1.54) is 0 Å². The van der Waals surface area contributed by atoms with Gasteiger partial charge in [0, 0.05) is 19.6 Å². The topological polar surface area (TPSA) is 41.1 Å². The number of anilines is 1. The second-order valence-electron chi connectivity index (χ2n) is 3.89. The number of rotatable bonds is 4. The van der Waals surface area contributed by atoms with E-state index in [1.807, 2.05) is 11.8 Å². The largest absolute Gasteiger partial charge is 0.445 e. The molecule has 8 heteroatoms. The van der Waals surface area contributed by atoms with Crippen LogP contribution in [0.15, 0.2) is 0 Å². The molecule has 1 aromatic heterocycles. The van der Waals surface area contributed by atoms with Gasteiger partial charge in [-0.2, -0.15) is 13.2 Å². The van der Waals surface area contributed by atoms with E-state index < -0.39 is 11.2 Å². The molecule has 0 saturated carbocycles. The molecule has 4 nitrogen and oxygen atoms in total. The molecular formula is C9H13F3N4S. The Hall–Kier alpha value is -0.890. The minimum atomic E-state index is -4.40. The van der Waals surface area contributed by atoms with E-state index in [0.717, 1.165) is 19.5 Å². The lowest BCUT2D eigenvalue weighted by molar-refractivity contribution is -0.138. The first-order valence-electron chi connectivity index (χ1n) is 5.40. The summed E-state index contributed by atoms with van der Waals surface area (Å²) in [6.45, 7) is 4.28. The van der Waals surface area contributed by atoms with Crippen LogP contribution < -0.4 is 10.2 Å². The van der Waals surface area contributed by atoms with Crippen molar-refractivity contribution in [1.29, 1.82) is 0 Å². The van der Waals surface area contributed by atoms with E-state index in [4.69, 9.17) is 0 Å². The summed E-state index contributed by atoms with van der Waals surface area (Å²) >= 11 is 0.616. The molecular weight excluding hydrogens is 253 g/mol. The Morgan fingerprint density at radius 1 is 1.41 bits per heavy atom. The number of nitrogens with one attached hydrogen (secondary N) is 1. The van der Waals surface area contributed by atoms with Crippen LogP contribution in [-0.4, -0.2) is 35.9 Å². The minimum absolute atomic E-state index is 0.240. The van der Waals surface area contributed by atoms with Gasteiger partial charge in [0.25, 0.3) is 0 Å². The van der Waals surface area contributed by atoms with Crippen LogP contribution in [0.5, 0.6) is 0 Å². The number of halogens is 3. The molecule has 1 aliphatic heterocycles. The molecule has 96 valence electrons. The third kappa shape index (κ3) is 2.68. The molecule has 1 fully saturated rings. The SMILES string of the molecule is CCCN(c1nnc(C(F)(F)F)s1)C1CNC1. The summed E-state index contributed by atoms with van der Waals surface area (Å²) < 4.78 is 37.3. The molecule has 1 N–H and O–H groups in total. The van der Waals surface area contributed by atoms with Crippen molar-refractivity contribution >= 4 is 16.5 Å². The molecule has 1 aliphatic rings. The van der Waals surface area contributed by atoms with Gasteiger partial charge in [0.1, 0.15) is 0 Å². The molecule has 0 aliphatic carbocycles. The highest BCUT2D eigenvalue weighted by Crippen LogP contribution is 2.35. The van der Waals surface area contributed by atoms with Crippen LogP contribution in [0, 0.1) is 0 Å². The maximum Gasteiger partial charge on any atom is 0.445 e. The van der Waals surface area contributed by atoms with Crippen LogP contribution in [0.25, 0.3) is 0 Å². The van der Waals surface area contributed by atoms with Crippen LogP contribution >= 0.6 is 11.3 Å². The van der Waals surface area contributed by atoms with Crippen molar-refractivity contribution in [3.8, 4) is 0 Å². The molecule has 0 aromatic carbocycles. The van der Waals surface area contributed by atoms with Crippen molar-refractivity contribution in [3.05, 3.63) is 5.01 Å². The zero-order chi connectivity index (χ0) is 12.5. The summed E-state index contributed by atoms with van der Waals surface area (Å²) in [4.78, 5) is 1.91. The van der Waals surface area contributed by atoms with Crippen LogP contribution in [0.4, 0.5) is 18.3 Å². The zero-order valence-corrected chi connectivity index (χ0v) is 10.1. The quantitative estimate of drug-likeness (QED) is 0.901. The van der Waals surface area contributed by atoms with Crippen molar-refractivity contribution in [2.75, 3.05) is 24.5 Å². The Kier molecular flexibility index (Phi) is 3.53. The van der Waals surface area contributed by atoms with E-state index in [0.29, 0.717) is 23.0 Å². The van der Waals surface area contributed by atoms with Gasteiger partial charge in [-0.1, -0.05) is 18.3 Å². The van der Waals surface area contributed by atoms with Gasteiger partial charge in [-0.3, -0.25) is 0 Å². The lowest BCUT2D eigenvalue weighted by atomic mass is 10.1. The molecule has 0 bridgehead atoms. The first-order chi connectivity index (χ1) is 8.02. The smallest absolute Gasteiger partial charge is 0.341 e. The normalized spacial score (nSPS) is 16.9. The van der Waals surface area contributed by atoms with Gasteiger partial charge in [0.15, 0.2) is 0 Å². The highest BCUT2D eigenvalue weighted by molar-refractivity contribution is 7.15. The van der Waals surface area contributed by atoms with Crippen LogP contribution in [0.1, 0.15) is 18.4 Å². The summed E-state index contributed by atoms with van der Waals surface area (Å²) in [5.41, 5.74) is 0. The molecule has 17 heavy (non-hydrogen) atoms.